The van der Waals surface area contributed by atoms with Crippen molar-refractivity contribution >= 4 is 11.9 Å². The minimum absolute atomic E-state index is 0.249. The van der Waals surface area contributed by atoms with Gasteiger partial charge in [0.1, 0.15) is 5.82 Å². The third kappa shape index (κ3) is 3.13. The molecule has 2 rings (SSSR count). The zero-order chi connectivity index (χ0) is 16.4. The SMILES string of the molecule is COc1cc(F)c([C@H](C)NC(=O)[C@@H]2C[C@@H]2C(=O)O)cc1OC. The number of carboxylic acid groups (broad SMARTS) is 1. The number of carboxylic acids is 1. The molecule has 3 atom stereocenters. The summed E-state index contributed by atoms with van der Waals surface area (Å²) in [6.07, 6.45) is 0.322. The van der Waals surface area contributed by atoms with E-state index in [0.717, 1.165) is 0 Å². The molecule has 1 aliphatic carbocycles. The molecule has 0 saturated heterocycles. The highest BCUT2D eigenvalue weighted by Crippen LogP contribution is 2.39. The molecular formula is C15H18FNO5. The molecule has 0 bridgehead atoms. The molecule has 1 saturated carbocycles. The summed E-state index contributed by atoms with van der Waals surface area (Å²) >= 11 is 0. The Morgan fingerprint density at radius 1 is 1.27 bits per heavy atom. The van der Waals surface area contributed by atoms with Crippen molar-refractivity contribution in [2.75, 3.05) is 14.2 Å². The number of amides is 1. The maximum absolute atomic E-state index is 14.1. The van der Waals surface area contributed by atoms with Gasteiger partial charge in [-0.15, -0.1) is 0 Å². The average molecular weight is 311 g/mol. The number of nitrogens with one attached hydrogen (secondary N) is 1. The van der Waals surface area contributed by atoms with Gasteiger partial charge in [-0.25, -0.2) is 4.39 Å². The molecule has 1 aliphatic rings. The summed E-state index contributed by atoms with van der Waals surface area (Å²) in [4.78, 5) is 22.7. The molecule has 7 heteroatoms. The molecule has 0 spiro atoms. The second kappa shape index (κ2) is 6.21. The second-order valence-corrected chi connectivity index (χ2v) is 5.25. The molecule has 22 heavy (non-hydrogen) atoms. The summed E-state index contributed by atoms with van der Waals surface area (Å²) < 4.78 is 24.2. The van der Waals surface area contributed by atoms with Crippen molar-refractivity contribution in [2.24, 2.45) is 11.8 Å². The van der Waals surface area contributed by atoms with Gasteiger partial charge in [0.25, 0.3) is 0 Å². The molecule has 6 nitrogen and oxygen atoms in total. The first-order valence-corrected chi connectivity index (χ1v) is 6.83. The van der Waals surface area contributed by atoms with Gasteiger partial charge in [0.05, 0.1) is 32.1 Å². The van der Waals surface area contributed by atoms with E-state index in [-0.39, 0.29) is 17.2 Å². The van der Waals surface area contributed by atoms with Gasteiger partial charge < -0.3 is 19.9 Å². The van der Waals surface area contributed by atoms with Gasteiger partial charge in [-0.2, -0.15) is 0 Å². The molecule has 2 N–H and O–H groups in total. The van der Waals surface area contributed by atoms with E-state index in [9.17, 15) is 14.0 Å². The Morgan fingerprint density at radius 2 is 1.86 bits per heavy atom. The Balaban J connectivity index is 2.11. The number of methoxy groups -OCH3 is 2. The lowest BCUT2D eigenvalue weighted by Gasteiger charge is -2.17. The van der Waals surface area contributed by atoms with Crippen molar-refractivity contribution in [2.45, 2.75) is 19.4 Å². The number of carbonyl (C=O) groups excluding carboxylic acids is 1. The van der Waals surface area contributed by atoms with E-state index in [0.29, 0.717) is 12.2 Å². The molecule has 1 fully saturated rings. The minimum Gasteiger partial charge on any atom is -0.493 e. The van der Waals surface area contributed by atoms with E-state index in [1.165, 1.54) is 26.4 Å². The standard InChI is InChI=1S/C15H18FNO5/c1-7(17-14(18)9-4-10(9)15(19)20)8-5-12(21-2)13(22-3)6-11(8)16/h5-7,9-10H,4H2,1-3H3,(H,17,18)(H,19,20)/t7-,9+,10-/m0/s1. The number of rotatable bonds is 6. The number of aliphatic carboxylic acids is 1. The van der Waals surface area contributed by atoms with Crippen LogP contribution in [0.15, 0.2) is 12.1 Å². The largest absolute Gasteiger partial charge is 0.493 e. The number of halogens is 1. The second-order valence-electron chi connectivity index (χ2n) is 5.25. The van der Waals surface area contributed by atoms with Crippen molar-refractivity contribution in [3.8, 4) is 11.5 Å². The van der Waals surface area contributed by atoms with Crippen molar-refractivity contribution in [3.63, 3.8) is 0 Å². The topological polar surface area (TPSA) is 84.9 Å². The molecule has 120 valence electrons. The van der Waals surface area contributed by atoms with Crippen LogP contribution in [0.3, 0.4) is 0 Å². The third-order valence-electron chi connectivity index (χ3n) is 3.77. The van der Waals surface area contributed by atoms with Crippen LogP contribution >= 0.6 is 0 Å². The van der Waals surface area contributed by atoms with E-state index in [1.54, 1.807) is 6.92 Å². The van der Waals surface area contributed by atoms with Gasteiger partial charge >= 0.3 is 5.97 Å². The number of hydrogen-bond acceptors (Lipinski definition) is 4. The normalized spacial score (nSPS) is 20.9. The maximum atomic E-state index is 14.1. The molecule has 0 radical (unpaired) electrons. The van der Waals surface area contributed by atoms with E-state index >= 15 is 0 Å². The summed E-state index contributed by atoms with van der Waals surface area (Å²) in [5.74, 6) is -2.45. The predicted molar refractivity (Wildman–Crippen MR) is 75.3 cm³/mol. The highest BCUT2D eigenvalue weighted by atomic mass is 19.1. The Hall–Kier alpha value is -2.31. The predicted octanol–water partition coefficient (Wildman–Crippen LogP) is 1.74. The lowest BCUT2D eigenvalue weighted by atomic mass is 10.1. The van der Waals surface area contributed by atoms with Crippen LogP contribution < -0.4 is 14.8 Å². The lowest BCUT2D eigenvalue weighted by Crippen LogP contribution is -2.29. The van der Waals surface area contributed by atoms with Crippen molar-refractivity contribution in [1.29, 1.82) is 0 Å². The van der Waals surface area contributed by atoms with Crippen LogP contribution in [0.4, 0.5) is 4.39 Å². The van der Waals surface area contributed by atoms with Crippen LogP contribution in [0, 0.1) is 17.7 Å². The van der Waals surface area contributed by atoms with Gasteiger partial charge in [0.2, 0.25) is 5.91 Å². The Morgan fingerprint density at radius 3 is 2.36 bits per heavy atom. The first kappa shape index (κ1) is 16.1. The fourth-order valence-electron chi connectivity index (χ4n) is 2.36. The molecule has 0 heterocycles. The van der Waals surface area contributed by atoms with Gasteiger partial charge in [-0.05, 0) is 19.4 Å². The van der Waals surface area contributed by atoms with E-state index < -0.39 is 29.7 Å². The highest BCUT2D eigenvalue weighted by molar-refractivity contribution is 5.89. The fourth-order valence-corrected chi connectivity index (χ4v) is 2.36. The van der Waals surface area contributed by atoms with Crippen molar-refractivity contribution in [3.05, 3.63) is 23.5 Å². The summed E-state index contributed by atoms with van der Waals surface area (Å²) in [5, 5.41) is 11.5. The summed E-state index contributed by atoms with van der Waals surface area (Å²) in [6.45, 7) is 1.63. The van der Waals surface area contributed by atoms with Crippen molar-refractivity contribution < 1.29 is 28.6 Å². The molecule has 0 aliphatic heterocycles. The van der Waals surface area contributed by atoms with Crippen LogP contribution in [0.2, 0.25) is 0 Å². The zero-order valence-corrected chi connectivity index (χ0v) is 12.6. The highest BCUT2D eigenvalue weighted by Gasteiger charge is 2.48. The van der Waals surface area contributed by atoms with Crippen molar-refractivity contribution in [1.82, 2.24) is 5.32 Å². The zero-order valence-electron chi connectivity index (χ0n) is 12.6. The van der Waals surface area contributed by atoms with Crippen LogP contribution in [0.1, 0.15) is 24.9 Å². The van der Waals surface area contributed by atoms with E-state index in [4.69, 9.17) is 14.6 Å². The number of benzene rings is 1. The van der Waals surface area contributed by atoms with Gasteiger partial charge in [-0.1, -0.05) is 0 Å². The third-order valence-corrected chi connectivity index (χ3v) is 3.77. The first-order valence-electron chi connectivity index (χ1n) is 6.83. The Kier molecular flexibility index (Phi) is 4.54. The molecule has 0 aromatic heterocycles. The van der Waals surface area contributed by atoms with E-state index in [2.05, 4.69) is 5.32 Å². The fraction of sp³-hybridized carbons (Fsp3) is 0.467. The maximum Gasteiger partial charge on any atom is 0.307 e. The van der Waals surface area contributed by atoms with E-state index in [1.807, 2.05) is 0 Å². The Bertz CT molecular complexity index is 604. The molecular weight excluding hydrogens is 293 g/mol. The van der Waals surface area contributed by atoms with Crippen LogP contribution in [-0.4, -0.2) is 31.2 Å². The van der Waals surface area contributed by atoms with Crippen LogP contribution in [0.25, 0.3) is 0 Å². The number of ether oxygens (including phenoxy) is 2. The number of hydrogen-bond donors (Lipinski definition) is 2. The smallest absolute Gasteiger partial charge is 0.307 e. The quantitative estimate of drug-likeness (QED) is 0.836. The number of carbonyl (C=O) groups is 2. The van der Waals surface area contributed by atoms with Crippen LogP contribution in [-0.2, 0) is 9.59 Å². The Labute approximate surface area is 127 Å². The molecule has 0 unspecified atom stereocenters. The van der Waals surface area contributed by atoms with Crippen LogP contribution in [0.5, 0.6) is 11.5 Å². The van der Waals surface area contributed by atoms with Gasteiger partial charge in [0.15, 0.2) is 11.5 Å². The van der Waals surface area contributed by atoms with Gasteiger partial charge in [-0.3, -0.25) is 9.59 Å². The minimum atomic E-state index is -0.981. The average Bonchev–Trinajstić information content (AvgIpc) is 3.27. The lowest BCUT2D eigenvalue weighted by molar-refractivity contribution is -0.140. The monoisotopic (exact) mass is 311 g/mol. The molecule has 1 aromatic rings. The first-order chi connectivity index (χ1) is 10.4. The van der Waals surface area contributed by atoms with Gasteiger partial charge in [0, 0.05) is 11.6 Å². The summed E-state index contributed by atoms with van der Waals surface area (Å²) in [5.41, 5.74) is 0.249. The molecule has 1 amide bonds. The summed E-state index contributed by atoms with van der Waals surface area (Å²) in [7, 11) is 2.84. The summed E-state index contributed by atoms with van der Waals surface area (Å²) in [6, 6.07) is 2.04. The molecule has 1 aromatic carbocycles.